The summed E-state index contributed by atoms with van der Waals surface area (Å²) >= 11 is 0. The van der Waals surface area contributed by atoms with Gasteiger partial charge in [0.25, 0.3) is 11.8 Å². The molecule has 29 heavy (non-hydrogen) atoms. The molecule has 3 rings (SSSR count). The molecule has 0 fully saturated rings. The van der Waals surface area contributed by atoms with Crippen molar-refractivity contribution in [3.63, 3.8) is 0 Å². The molecule has 3 aromatic rings. The molecule has 0 aliphatic carbocycles. The van der Waals surface area contributed by atoms with Crippen LogP contribution in [-0.2, 0) is 0 Å². The van der Waals surface area contributed by atoms with Gasteiger partial charge in [-0.25, -0.2) is 0 Å². The number of anilines is 2. The second-order valence-electron chi connectivity index (χ2n) is 6.42. The van der Waals surface area contributed by atoms with Crippen LogP contribution in [-0.4, -0.2) is 26.0 Å². The molecule has 0 atom stereocenters. The van der Waals surface area contributed by atoms with Crippen molar-refractivity contribution in [1.29, 1.82) is 0 Å². The number of amides is 2. The number of nitrogens with one attached hydrogen (secondary N) is 2. The van der Waals surface area contributed by atoms with Crippen molar-refractivity contribution in [1.82, 2.24) is 0 Å². The van der Waals surface area contributed by atoms with Crippen LogP contribution >= 0.6 is 0 Å². The van der Waals surface area contributed by atoms with Crippen molar-refractivity contribution >= 4 is 23.2 Å². The number of aryl methyl sites for hydroxylation is 1. The van der Waals surface area contributed by atoms with Gasteiger partial charge in [0, 0.05) is 22.9 Å². The van der Waals surface area contributed by atoms with Crippen LogP contribution in [0.4, 0.5) is 11.4 Å². The van der Waals surface area contributed by atoms with Gasteiger partial charge in [-0.05, 0) is 55.0 Å². The van der Waals surface area contributed by atoms with Crippen molar-refractivity contribution < 1.29 is 19.1 Å². The van der Waals surface area contributed by atoms with E-state index in [-0.39, 0.29) is 11.8 Å². The predicted molar refractivity (Wildman–Crippen MR) is 113 cm³/mol. The Hall–Kier alpha value is -3.80. The fourth-order valence-electron chi connectivity index (χ4n) is 2.82. The minimum atomic E-state index is -0.329. The maximum absolute atomic E-state index is 12.7. The predicted octanol–water partition coefficient (Wildman–Crippen LogP) is 4.52. The maximum Gasteiger partial charge on any atom is 0.255 e. The van der Waals surface area contributed by atoms with Gasteiger partial charge in [-0.15, -0.1) is 0 Å². The van der Waals surface area contributed by atoms with Crippen LogP contribution in [0.15, 0.2) is 66.7 Å². The summed E-state index contributed by atoms with van der Waals surface area (Å²) in [5.41, 5.74) is 2.91. The third kappa shape index (κ3) is 4.93. The van der Waals surface area contributed by atoms with E-state index in [0.717, 1.165) is 5.56 Å². The molecule has 0 saturated heterocycles. The fourth-order valence-corrected chi connectivity index (χ4v) is 2.82. The summed E-state index contributed by atoms with van der Waals surface area (Å²) in [6.45, 7) is 1.93. The van der Waals surface area contributed by atoms with Gasteiger partial charge in [0.05, 0.1) is 19.9 Å². The number of hydrogen-bond donors (Lipinski definition) is 2. The zero-order chi connectivity index (χ0) is 20.8. The molecule has 0 aromatic heterocycles. The lowest BCUT2D eigenvalue weighted by Gasteiger charge is -2.12. The number of ether oxygens (including phenoxy) is 2. The third-order valence-corrected chi connectivity index (χ3v) is 4.32. The highest BCUT2D eigenvalue weighted by Gasteiger charge is 2.13. The van der Waals surface area contributed by atoms with Gasteiger partial charge in [-0.1, -0.05) is 18.2 Å². The lowest BCUT2D eigenvalue weighted by molar-refractivity contribution is 0.102. The van der Waals surface area contributed by atoms with E-state index in [9.17, 15) is 9.59 Å². The van der Waals surface area contributed by atoms with E-state index >= 15 is 0 Å². The molecule has 0 saturated carbocycles. The monoisotopic (exact) mass is 390 g/mol. The number of carbonyl (C=O) groups excluding carboxylic acids is 2. The summed E-state index contributed by atoms with van der Waals surface area (Å²) in [6, 6.07) is 19.1. The van der Waals surface area contributed by atoms with E-state index in [1.54, 1.807) is 68.8 Å². The number of carbonyl (C=O) groups is 2. The van der Waals surface area contributed by atoms with Gasteiger partial charge < -0.3 is 20.1 Å². The summed E-state index contributed by atoms with van der Waals surface area (Å²) in [7, 11) is 3.11. The zero-order valence-corrected chi connectivity index (χ0v) is 16.5. The smallest absolute Gasteiger partial charge is 0.255 e. The highest BCUT2D eigenvalue weighted by atomic mass is 16.5. The van der Waals surface area contributed by atoms with Gasteiger partial charge in [-0.2, -0.15) is 0 Å². The molecule has 0 bridgehead atoms. The number of benzene rings is 3. The van der Waals surface area contributed by atoms with E-state index < -0.39 is 0 Å². The van der Waals surface area contributed by atoms with E-state index in [2.05, 4.69) is 10.6 Å². The molecular weight excluding hydrogens is 368 g/mol. The van der Waals surface area contributed by atoms with Gasteiger partial charge in [-0.3, -0.25) is 9.59 Å². The van der Waals surface area contributed by atoms with Crippen LogP contribution < -0.4 is 20.1 Å². The van der Waals surface area contributed by atoms with Gasteiger partial charge in [0.1, 0.15) is 11.5 Å². The number of methoxy groups -OCH3 is 2. The van der Waals surface area contributed by atoms with Gasteiger partial charge in [0.15, 0.2) is 0 Å². The Morgan fingerprint density at radius 3 is 2.14 bits per heavy atom. The Morgan fingerprint density at radius 2 is 1.45 bits per heavy atom. The second-order valence-corrected chi connectivity index (χ2v) is 6.42. The molecule has 6 heteroatoms. The maximum atomic E-state index is 12.7. The fraction of sp³-hybridized carbons (Fsp3) is 0.130. The summed E-state index contributed by atoms with van der Waals surface area (Å²) < 4.78 is 10.5. The first kappa shape index (κ1) is 19.9. The first-order valence-electron chi connectivity index (χ1n) is 9.01. The molecule has 3 aromatic carbocycles. The van der Waals surface area contributed by atoms with Crippen molar-refractivity contribution in [3.05, 3.63) is 83.4 Å². The van der Waals surface area contributed by atoms with Crippen LogP contribution in [0.25, 0.3) is 0 Å². The van der Waals surface area contributed by atoms with E-state index in [4.69, 9.17) is 9.47 Å². The normalized spacial score (nSPS) is 10.2. The first-order chi connectivity index (χ1) is 14.0. The molecule has 0 unspecified atom stereocenters. The molecular formula is C23H22N2O4. The van der Waals surface area contributed by atoms with E-state index in [0.29, 0.717) is 34.0 Å². The molecule has 6 nitrogen and oxygen atoms in total. The molecule has 0 aliphatic rings. The SMILES string of the molecule is COc1cccc(NC(=O)c2cccc(C(=O)Nc3cc(C)ccc3OC)c2)c1. The minimum Gasteiger partial charge on any atom is -0.497 e. The molecule has 2 amide bonds. The Labute approximate surface area is 169 Å². The quantitative estimate of drug-likeness (QED) is 0.649. The third-order valence-electron chi connectivity index (χ3n) is 4.32. The van der Waals surface area contributed by atoms with Crippen molar-refractivity contribution in [3.8, 4) is 11.5 Å². The Kier molecular flexibility index (Phi) is 6.14. The van der Waals surface area contributed by atoms with Crippen LogP contribution in [0.2, 0.25) is 0 Å². The molecule has 2 N–H and O–H groups in total. The highest BCUT2D eigenvalue weighted by Crippen LogP contribution is 2.26. The largest absolute Gasteiger partial charge is 0.497 e. The molecule has 0 aliphatic heterocycles. The van der Waals surface area contributed by atoms with Crippen molar-refractivity contribution in [2.45, 2.75) is 6.92 Å². The standard InChI is InChI=1S/C23H22N2O4/c1-15-10-11-21(29-3)20(12-15)25-23(27)17-7-4-6-16(13-17)22(26)24-18-8-5-9-19(14-18)28-2/h4-14H,1-3H3,(H,24,26)(H,25,27). The lowest BCUT2D eigenvalue weighted by atomic mass is 10.1. The van der Waals surface area contributed by atoms with Crippen LogP contribution in [0, 0.1) is 6.92 Å². The summed E-state index contributed by atoms with van der Waals surface area (Å²) in [5, 5.41) is 5.64. The van der Waals surface area contributed by atoms with Gasteiger partial charge in [0.2, 0.25) is 0 Å². The second kappa shape index (κ2) is 8.93. The highest BCUT2D eigenvalue weighted by molar-refractivity contribution is 6.09. The molecule has 148 valence electrons. The van der Waals surface area contributed by atoms with Gasteiger partial charge >= 0.3 is 0 Å². The Balaban J connectivity index is 1.77. The zero-order valence-electron chi connectivity index (χ0n) is 16.5. The lowest BCUT2D eigenvalue weighted by Crippen LogP contribution is -2.16. The Morgan fingerprint density at radius 1 is 0.759 bits per heavy atom. The minimum absolute atomic E-state index is 0.318. The molecule has 0 spiro atoms. The number of hydrogen-bond acceptors (Lipinski definition) is 4. The average molecular weight is 390 g/mol. The number of rotatable bonds is 6. The molecule has 0 heterocycles. The molecule has 0 radical (unpaired) electrons. The summed E-state index contributed by atoms with van der Waals surface area (Å²) in [6.07, 6.45) is 0. The van der Waals surface area contributed by atoms with Crippen LogP contribution in [0.3, 0.4) is 0 Å². The Bertz CT molecular complexity index is 1050. The van der Waals surface area contributed by atoms with Crippen LogP contribution in [0.5, 0.6) is 11.5 Å². The summed E-state index contributed by atoms with van der Waals surface area (Å²) in [4.78, 5) is 25.3. The van der Waals surface area contributed by atoms with Crippen molar-refractivity contribution in [2.75, 3.05) is 24.9 Å². The van der Waals surface area contributed by atoms with Crippen molar-refractivity contribution in [2.24, 2.45) is 0 Å². The first-order valence-corrected chi connectivity index (χ1v) is 9.01. The topological polar surface area (TPSA) is 76.7 Å². The van der Waals surface area contributed by atoms with E-state index in [1.165, 1.54) is 0 Å². The summed E-state index contributed by atoms with van der Waals surface area (Å²) in [5.74, 6) is 0.560. The van der Waals surface area contributed by atoms with E-state index in [1.807, 2.05) is 19.1 Å². The van der Waals surface area contributed by atoms with Crippen LogP contribution in [0.1, 0.15) is 26.3 Å². The average Bonchev–Trinajstić information content (AvgIpc) is 2.74.